The molecule has 0 radical (unpaired) electrons. The molecule has 1 unspecified atom stereocenters. The van der Waals surface area contributed by atoms with E-state index in [4.69, 9.17) is 9.47 Å². The third kappa shape index (κ3) is 16.2. The Morgan fingerprint density at radius 1 is 0.741 bits per heavy atom. The first-order chi connectivity index (χ1) is 13.1. The zero-order valence-electron chi connectivity index (χ0n) is 19.4. The van der Waals surface area contributed by atoms with Crippen molar-refractivity contribution in [3.8, 4) is 0 Å². The molecule has 2 nitrogen and oxygen atoms in total. The van der Waals surface area contributed by atoms with Gasteiger partial charge in [0, 0.05) is 6.61 Å². The van der Waals surface area contributed by atoms with Gasteiger partial charge in [-0.3, -0.25) is 0 Å². The van der Waals surface area contributed by atoms with E-state index in [-0.39, 0.29) is 5.60 Å². The topological polar surface area (TPSA) is 18.5 Å². The van der Waals surface area contributed by atoms with E-state index in [1.807, 2.05) is 13.0 Å². The summed E-state index contributed by atoms with van der Waals surface area (Å²) in [6, 6.07) is 0. The van der Waals surface area contributed by atoms with Crippen molar-refractivity contribution in [3.63, 3.8) is 0 Å². The largest absolute Gasteiger partial charge is 0.502 e. The lowest BCUT2D eigenvalue weighted by Crippen LogP contribution is -2.34. The van der Waals surface area contributed by atoms with Gasteiger partial charge in [-0.05, 0) is 52.9 Å². The Bertz CT molecular complexity index is 322. The van der Waals surface area contributed by atoms with E-state index < -0.39 is 0 Å². The maximum absolute atomic E-state index is 6.11. The van der Waals surface area contributed by atoms with E-state index in [0.717, 1.165) is 13.2 Å². The molecule has 0 N–H and O–H groups in total. The minimum absolute atomic E-state index is 0.0301. The second-order valence-corrected chi connectivity index (χ2v) is 8.54. The molecule has 0 aliphatic carbocycles. The van der Waals surface area contributed by atoms with E-state index in [0.29, 0.717) is 5.92 Å². The van der Waals surface area contributed by atoms with Crippen LogP contribution < -0.4 is 0 Å². The Morgan fingerprint density at radius 3 is 1.78 bits per heavy atom. The number of unbranched alkanes of at least 4 members (excludes halogenated alkanes) is 10. The van der Waals surface area contributed by atoms with Crippen LogP contribution in [0, 0.1) is 5.92 Å². The van der Waals surface area contributed by atoms with Gasteiger partial charge < -0.3 is 9.47 Å². The molecule has 27 heavy (non-hydrogen) atoms. The number of hydrogen-bond acceptors (Lipinski definition) is 2. The summed E-state index contributed by atoms with van der Waals surface area (Å²) >= 11 is 0. The maximum Gasteiger partial charge on any atom is 0.0873 e. The predicted molar refractivity (Wildman–Crippen MR) is 120 cm³/mol. The Hall–Kier alpha value is -0.500. The molecule has 1 atom stereocenters. The Balaban J connectivity index is 3.93. The molecule has 0 rings (SSSR count). The van der Waals surface area contributed by atoms with Crippen molar-refractivity contribution in [2.24, 2.45) is 5.92 Å². The van der Waals surface area contributed by atoms with Gasteiger partial charge in [-0.15, -0.1) is 0 Å². The minimum atomic E-state index is 0.0301. The number of rotatable bonds is 20. The summed E-state index contributed by atoms with van der Waals surface area (Å²) in [5.74, 6) is 0.706. The third-order valence-electron chi connectivity index (χ3n) is 5.70. The zero-order valence-corrected chi connectivity index (χ0v) is 19.4. The quantitative estimate of drug-likeness (QED) is 0.155. The summed E-state index contributed by atoms with van der Waals surface area (Å²) in [6.07, 6.45) is 22.6. The van der Waals surface area contributed by atoms with Crippen LogP contribution in [0.15, 0.2) is 12.3 Å². The molecular weight excluding hydrogens is 332 g/mol. The summed E-state index contributed by atoms with van der Waals surface area (Å²) in [5, 5.41) is 0. The van der Waals surface area contributed by atoms with Crippen molar-refractivity contribution >= 4 is 0 Å². The first-order valence-corrected chi connectivity index (χ1v) is 11.9. The SMILES string of the molecule is CC=COCCCCCCCCC(CCCCCCCC)C(C)(C)OCC. The van der Waals surface area contributed by atoms with E-state index in [1.54, 1.807) is 6.26 Å². The fourth-order valence-electron chi connectivity index (χ4n) is 3.95. The van der Waals surface area contributed by atoms with Crippen molar-refractivity contribution in [1.29, 1.82) is 0 Å². The number of allylic oxidation sites excluding steroid dienone is 1. The Morgan fingerprint density at radius 2 is 1.26 bits per heavy atom. The highest BCUT2D eigenvalue weighted by Gasteiger charge is 2.28. The minimum Gasteiger partial charge on any atom is -0.502 e. The van der Waals surface area contributed by atoms with Crippen molar-refractivity contribution in [3.05, 3.63) is 12.3 Å². The molecule has 0 saturated carbocycles. The van der Waals surface area contributed by atoms with Crippen molar-refractivity contribution in [2.75, 3.05) is 13.2 Å². The normalized spacial score (nSPS) is 13.4. The molecule has 0 fully saturated rings. The second-order valence-electron chi connectivity index (χ2n) is 8.54. The first kappa shape index (κ1) is 26.5. The van der Waals surface area contributed by atoms with Crippen LogP contribution in [-0.4, -0.2) is 18.8 Å². The highest BCUT2D eigenvalue weighted by Crippen LogP contribution is 2.31. The van der Waals surface area contributed by atoms with Crippen molar-refractivity contribution in [1.82, 2.24) is 0 Å². The molecule has 0 aromatic heterocycles. The van der Waals surface area contributed by atoms with Gasteiger partial charge in [-0.25, -0.2) is 0 Å². The van der Waals surface area contributed by atoms with Gasteiger partial charge in [0.1, 0.15) is 0 Å². The zero-order chi connectivity index (χ0) is 20.2. The summed E-state index contributed by atoms with van der Waals surface area (Å²) in [5.41, 5.74) is 0.0301. The molecule has 162 valence electrons. The Kier molecular flexibility index (Phi) is 18.5. The average molecular weight is 383 g/mol. The van der Waals surface area contributed by atoms with E-state index in [1.165, 1.54) is 89.9 Å². The lowest BCUT2D eigenvalue weighted by molar-refractivity contribution is -0.0605. The van der Waals surface area contributed by atoms with E-state index >= 15 is 0 Å². The van der Waals surface area contributed by atoms with Crippen LogP contribution in [0.5, 0.6) is 0 Å². The molecule has 0 aromatic rings. The lowest BCUT2D eigenvalue weighted by Gasteiger charge is -2.34. The highest BCUT2D eigenvalue weighted by atomic mass is 16.5. The summed E-state index contributed by atoms with van der Waals surface area (Å²) in [6.45, 7) is 12.7. The molecule has 0 saturated heterocycles. The van der Waals surface area contributed by atoms with Gasteiger partial charge in [-0.1, -0.05) is 83.6 Å². The summed E-state index contributed by atoms with van der Waals surface area (Å²) in [4.78, 5) is 0. The standard InChI is InChI=1S/C25H50O2/c1-6-9-10-11-14-17-20-24(25(4,5)27-8-3)21-18-15-12-13-16-19-23-26-22-7-2/h7,22,24H,6,8-21,23H2,1-5H3. The lowest BCUT2D eigenvalue weighted by atomic mass is 9.82. The summed E-state index contributed by atoms with van der Waals surface area (Å²) in [7, 11) is 0. The van der Waals surface area contributed by atoms with E-state index in [9.17, 15) is 0 Å². The van der Waals surface area contributed by atoms with Crippen LogP contribution in [0.1, 0.15) is 125 Å². The molecule has 2 heteroatoms. The van der Waals surface area contributed by atoms with Crippen LogP contribution in [0.3, 0.4) is 0 Å². The van der Waals surface area contributed by atoms with Crippen LogP contribution in [0.25, 0.3) is 0 Å². The summed E-state index contributed by atoms with van der Waals surface area (Å²) < 4.78 is 11.5. The van der Waals surface area contributed by atoms with Gasteiger partial charge in [0.25, 0.3) is 0 Å². The van der Waals surface area contributed by atoms with Gasteiger partial charge in [-0.2, -0.15) is 0 Å². The van der Waals surface area contributed by atoms with Crippen molar-refractivity contribution < 1.29 is 9.47 Å². The van der Waals surface area contributed by atoms with E-state index in [2.05, 4.69) is 27.7 Å². The Labute approximate surface area is 171 Å². The molecule has 0 aliphatic heterocycles. The van der Waals surface area contributed by atoms with Crippen LogP contribution in [-0.2, 0) is 9.47 Å². The fraction of sp³-hybridized carbons (Fsp3) is 0.920. The fourth-order valence-corrected chi connectivity index (χ4v) is 3.95. The third-order valence-corrected chi connectivity index (χ3v) is 5.70. The average Bonchev–Trinajstić information content (AvgIpc) is 2.64. The molecule has 0 aliphatic rings. The molecule has 0 spiro atoms. The van der Waals surface area contributed by atoms with Crippen LogP contribution in [0.2, 0.25) is 0 Å². The highest BCUT2D eigenvalue weighted by molar-refractivity contribution is 4.79. The van der Waals surface area contributed by atoms with Gasteiger partial charge in [0.05, 0.1) is 18.5 Å². The smallest absolute Gasteiger partial charge is 0.0873 e. The monoisotopic (exact) mass is 382 g/mol. The molecular formula is C25H50O2. The van der Waals surface area contributed by atoms with Gasteiger partial charge >= 0.3 is 0 Å². The van der Waals surface area contributed by atoms with Crippen LogP contribution >= 0.6 is 0 Å². The first-order valence-electron chi connectivity index (χ1n) is 11.9. The number of ether oxygens (including phenoxy) is 2. The molecule has 0 bridgehead atoms. The second kappa shape index (κ2) is 18.8. The molecule has 0 aromatic carbocycles. The van der Waals surface area contributed by atoms with Gasteiger partial charge in [0.2, 0.25) is 0 Å². The maximum atomic E-state index is 6.11. The number of hydrogen-bond donors (Lipinski definition) is 0. The molecule has 0 heterocycles. The van der Waals surface area contributed by atoms with Gasteiger partial charge in [0.15, 0.2) is 0 Å². The van der Waals surface area contributed by atoms with Crippen molar-refractivity contribution in [2.45, 2.75) is 130 Å². The van der Waals surface area contributed by atoms with Crippen LogP contribution in [0.4, 0.5) is 0 Å². The predicted octanol–water partition coefficient (Wildman–Crippen LogP) is 8.45. The molecule has 0 amide bonds.